The molecule has 0 bridgehead atoms. The summed E-state index contributed by atoms with van der Waals surface area (Å²) < 4.78 is 5.22. The summed E-state index contributed by atoms with van der Waals surface area (Å²) in [6, 6.07) is 17.8. The molecule has 150 valence electrons. The van der Waals surface area contributed by atoms with Gasteiger partial charge >= 0.3 is 6.03 Å². The number of benzene rings is 2. The molecule has 2 aromatic carbocycles. The summed E-state index contributed by atoms with van der Waals surface area (Å²) in [6.45, 7) is 4.74. The number of nitrogens with zero attached hydrogens (tertiary/aromatic N) is 3. The van der Waals surface area contributed by atoms with Crippen LogP contribution >= 0.6 is 0 Å². The third kappa shape index (κ3) is 4.18. The number of H-pyrrole nitrogens is 1. The first-order valence-corrected chi connectivity index (χ1v) is 9.70. The number of amides is 2. The molecular weight excluding hydrogens is 366 g/mol. The van der Waals surface area contributed by atoms with Crippen LogP contribution in [0, 0.1) is 6.92 Å². The number of carbonyl (C=O) groups excluding carboxylic acids is 1. The van der Waals surface area contributed by atoms with Gasteiger partial charge in [-0.05, 0) is 36.2 Å². The highest BCUT2D eigenvalue weighted by Crippen LogP contribution is 2.24. The first-order valence-electron chi connectivity index (χ1n) is 9.70. The number of anilines is 2. The highest BCUT2D eigenvalue weighted by atomic mass is 16.5. The summed E-state index contributed by atoms with van der Waals surface area (Å²) in [5, 5.41) is 10.6. The van der Waals surface area contributed by atoms with E-state index in [-0.39, 0.29) is 6.03 Å². The molecule has 2 heterocycles. The second-order valence-corrected chi connectivity index (χ2v) is 7.09. The first-order chi connectivity index (χ1) is 14.1. The first kappa shape index (κ1) is 18.9. The SMILES string of the molecule is COc1ccc(NC(=O)N2CCN(c3cc(-c4ccccc4)[nH]n3)CC2)c(C)c1. The minimum absolute atomic E-state index is 0.0788. The summed E-state index contributed by atoms with van der Waals surface area (Å²) in [5.41, 5.74) is 3.88. The molecule has 0 spiro atoms. The summed E-state index contributed by atoms with van der Waals surface area (Å²) in [7, 11) is 1.63. The maximum absolute atomic E-state index is 12.6. The molecule has 1 aromatic heterocycles. The van der Waals surface area contributed by atoms with Gasteiger partial charge in [-0.25, -0.2) is 4.79 Å². The van der Waals surface area contributed by atoms with Crippen molar-refractivity contribution in [3.63, 3.8) is 0 Å². The second kappa shape index (κ2) is 8.26. The van der Waals surface area contributed by atoms with Gasteiger partial charge in [0.25, 0.3) is 0 Å². The van der Waals surface area contributed by atoms with Crippen LogP contribution in [0.3, 0.4) is 0 Å². The fraction of sp³-hybridized carbons (Fsp3) is 0.273. The summed E-state index contributed by atoms with van der Waals surface area (Å²) in [5.74, 6) is 1.69. The zero-order valence-electron chi connectivity index (χ0n) is 16.7. The van der Waals surface area contributed by atoms with Gasteiger partial charge in [-0.2, -0.15) is 5.10 Å². The number of aromatic amines is 1. The smallest absolute Gasteiger partial charge is 0.321 e. The lowest BCUT2D eigenvalue weighted by atomic mass is 10.1. The van der Waals surface area contributed by atoms with Gasteiger partial charge in [0.15, 0.2) is 5.82 Å². The number of aryl methyl sites for hydroxylation is 1. The topological polar surface area (TPSA) is 73.5 Å². The van der Waals surface area contributed by atoms with Crippen molar-refractivity contribution in [1.29, 1.82) is 0 Å². The van der Waals surface area contributed by atoms with Gasteiger partial charge in [0.1, 0.15) is 5.75 Å². The molecule has 1 aliphatic rings. The Kier molecular flexibility index (Phi) is 5.37. The van der Waals surface area contributed by atoms with E-state index in [2.05, 4.69) is 38.6 Å². The minimum Gasteiger partial charge on any atom is -0.497 e. The Labute approximate surface area is 170 Å². The van der Waals surface area contributed by atoms with Gasteiger partial charge in [-0.1, -0.05) is 30.3 Å². The van der Waals surface area contributed by atoms with Crippen molar-refractivity contribution in [3.05, 3.63) is 60.2 Å². The van der Waals surface area contributed by atoms with Crippen molar-refractivity contribution in [2.75, 3.05) is 43.5 Å². The van der Waals surface area contributed by atoms with E-state index in [0.29, 0.717) is 13.1 Å². The van der Waals surface area contributed by atoms with Crippen molar-refractivity contribution >= 4 is 17.5 Å². The van der Waals surface area contributed by atoms with Crippen LogP contribution < -0.4 is 15.0 Å². The van der Waals surface area contributed by atoms with E-state index in [1.807, 2.05) is 48.2 Å². The number of methoxy groups -OCH3 is 1. The van der Waals surface area contributed by atoms with Gasteiger partial charge in [0.2, 0.25) is 0 Å². The Morgan fingerprint density at radius 2 is 1.83 bits per heavy atom. The fourth-order valence-electron chi connectivity index (χ4n) is 3.48. The molecule has 4 rings (SSSR count). The molecule has 2 N–H and O–H groups in total. The molecule has 1 saturated heterocycles. The Hall–Kier alpha value is -3.48. The number of aromatic nitrogens is 2. The second-order valence-electron chi connectivity index (χ2n) is 7.09. The number of piperazine rings is 1. The molecule has 0 saturated carbocycles. The van der Waals surface area contributed by atoms with Crippen molar-refractivity contribution in [1.82, 2.24) is 15.1 Å². The van der Waals surface area contributed by atoms with Crippen molar-refractivity contribution in [3.8, 4) is 17.0 Å². The van der Waals surface area contributed by atoms with Gasteiger partial charge < -0.3 is 19.9 Å². The van der Waals surface area contributed by atoms with E-state index in [9.17, 15) is 4.79 Å². The van der Waals surface area contributed by atoms with Crippen LogP contribution in [0.4, 0.5) is 16.3 Å². The fourth-order valence-corrected chi connectivity index (χ4v) is 3.48. The van der Waals surface area contributed by atoms with Crippen molar-refractivity contribution in [2.45, 2.75) is 6.92 Å². The zero-order chi connectivity index (χ0) is 20.2. The van der Waals surface area contributed by atoms with Gasteiger partial charge in [-0.3, -0.25) is 5.10 Å². The van der Waals surface area contributed by atoms with E-state index < -0.39 is 0 Å². The molecule has 1 fully saturated rings. The zero-order valence-corrected chi connectivity index (χ0v) is 16.7. The Morgan fingerprint density at radius 1 is 1.07 bits per heavy atom. The standard InChI is InChI=1S/C22H25N5O2/c1-16-14-18(29-2)8-9-19(16)23-22(28)27-12-10-26(11-13-27)21-15-20(24-25-21)17-6-4-3-5-7-17/h3-9,14-15H,10-13H2,1-2H3,(H,23,28)(H,24,25). The summed E-state index contributed by atoms with van der Waals surface area (Å²) in [6.07, 6.45) is 0. The van der Waals surface area contributed by atoms with E-state index in [4.69, 9.17) is 4.74 Å². The van der Waals surface area contributed by atoms with E-state index in [0.717, 1.165) is 47.2 Å². The predicted octanol–water partition coefficient (Wildman–Crippen LogP) is 3.75. The maximum Gasteiger partial charge on any atom is 0.321 e. The summed E-state index contributed by atoms with van der Waals surface area (Å²) >= 11 is 0. The van der Waals surface area contributed by atoms with Crippen LogP contribution in [-0.4, -0.2) is 54.4 Å². The number of nitrogens with one attached hydrogen (secondary N) is 2. The number of rotatable bonds is 4. The average Bonchev–Trinajstić information content (AvgIpc) is 3.26. The van der Waals surface area contributed by atoms with Crippen LogP contribution in [0.5, 0.6) is 5.75 Å². The average molecular weight is 391 g/mol. The number of hydrogen-bond acceptors (Lipinski definition) is 4. The highest BCUT2D eigenvalue weighted by molar-refractivity contribution is 5.90. The third-order valence-corrected chi connectivity index (χ3v) is 5.22. The predicted molar refractivity (Wildman–Crippen MR) is 115 cm³/mol. The Morgan fingerprint density at radius 3 is 2.52 bits per heavy atom. The van der Waals surface area contributed by atoms with Gasteiger partial charge in [0, 0.05) is 37.9 Å². The minimum atomic E-state index is -0.0788. The Balaban J connectivity index is 1.35. The molecule has 3 aromatic rings. The number of hydrogen-bond donors (Lipinski definition) is 2. The lowest BCUT2D eigenvalue weighted by molar-refractivity contribution is 0.208. The molecule has 1 aliphatic heterocycles. The van der Waals surface area contributed by atoms with Crippen LogP contribution in [0.2, 0.25) is 0 Å². The number of carbonyl (C=O) groups is 1. The lowest BCUT2D eigenvalue weighted by Gasteiger charge is -2.34. The monoisotopic (exact) mass is 391 g/mol. The maximum atomic E-state index is 12.6. The van der Waals surface area contributed by atoms with E-state index >= 15 is 0 Å². The number of ether oxygens (including phenoxy) is 1. The van der Waals surface area contributed by atoms with Crippen molar-refractivity contribution < 1.29 is 9.53 Å². The Bertz CT molecular complexity index is 978. The molecule has 2 amide bonds. The molecule has 0 unspecified atom stereocenters. The van der Waals surface area contributed by atoms with Crippen LogP contribution in [0.1, 0.15) is 5.56 Å². The molecule has 0 aliphatic carbocycles. The van der Waals surface area contributed by atoms with Crippen LogP contribution in [-0.2, 0) is 0 Å². The molecule has 29 heavy (non-hydrogen) atoms. The quantitative estimate of drug-likeness (QED) is 0.710. The molecule has 0 radical (unpaired) electrons. The molecule has 0 atom stereocenters. The van der Waals surface area contributed by atoms with Crippen LogP contribution in [0.25, 0.3) is 11.3 Å². The van der Waals surface area contributed by atoms with E-state index in [1.165, 1.54) is 0 Å². The third-order valence-electron chi connectivity index (χ3n) is 5.22. The number of urea groups is 1. The molecule has 7 heteroatoms. The van der Waals surface area contributed by atoms with Crippen LogP contribution in [0.15, 0.2) is 54.6 Å². The van der Waals surface area contributed by atoms with Gasteiger partial charge in [-0.15, -0.1) is 0 Å². The molecular formula is C22H25N5O2. The lowest BCUT2D eigenvalue weighted by Crippen LogP contribution is -2.50. The largest absolute Gasteiger partial charge is 0.497 e. The molecule has 7 nitrogen and oxygen atoms in total. The highest BCUT2D eigenvalue weighted by Gasteiger charge is 2.23. The normalized spacial score (nSPS) is 14.0. The van der Waals surface area contributed by atoms with Crippen molar-refractivity contribution in [2.24, 2.45) is 0 Å². The van der Waals surface area contributed by atoms with Gasteiger partial charge in [0.05, 0.1) is 12.8 Å². The van der Waals surface area contributed by atoms with E-state index in [1.54, 1.807) is 7.11 Å². The summed E-state index contributed by atoms with van der Waals surface area (Å²) in [4.78, 5) is 16.7.